The van der Waals surface area contributed by atoms with Gasteiger partial charge in [-0.05, 0) is 43.2 Å². The predicted molar refractivity (Wildman–Crippen MR) is 111 cm³/mol. The van der Waals surface area contributed by atoms with E-state index in [0.29, 0.717) is 18.9 Å². The topological polar surface area (TPSA) is 94.5 Å². The fourth-order valence-electron chi connectivity index (χ4n) is 3.46. The van der Waals surface area contributed by atoms with Gasteiger partial charge in [-0.3, -0.25) is 9.59 Å². The Hall–Kier alpha value is -3.14. The summed E-state index contributed by atoms with van der Waals surface area (Å²) in [4.78, 5) is 24.1. The molecule has 1 atom stereocenters. The van der Waals surface area contributed by atoms with Crippen molar-refractivity contribution >= 4 is 27.6 Å². The highest BCUT2D eigenvalue weighted by molar-refractivity contribution is 6.06. The molecule has 0 aliphatic heterocycles. The number of nitrogens with two attached hydrogens (primary N) is 1. The summed E-state index contributed by atoms with van der Waals surface area (Å²) in [6.07, 6.45) is -3.58. The molecule has 0 fully saturated rings. The van der Waals surface area contributed by atoms with Crippen LogP contribution < -0.4 is 16.0 Å². The van der Waals surface area contributed by atoms with Crippen LogP contribution in [0.15, 0.2) is 35.1 Å². The van der Waals surface area contributed by atoms with Gasteiger partial charge in [0, 0.05) is 17.3 Å². The molecule has 3 aromatic rings. The van der Waals surface area contributed by atoms with Crippen LogP contribution in [0, 0.1) is 5.82 Å². The Morgan fingerprint density at radius 2 is 1.84 bits per heavy atom. The number of aromatic nitrogens is 1. The first-order valence-electron chi connectivity index (χ1n) is 9.89. The van der Waals surface area contributed by atoms with Crippen molar-refractivity contribution < 1.29 is 32.2 Å². The number of primary amides is 1. The quantitative estimate of drug-likeness (QED) is 0.420. The molecule has 6 nitrogen and oxygen atoms in total. The summed E-state index contributed by atoms with van der Waals surface area (Å²) in [5.74, 6) is -2.15. The second-order valence-corrected chi connectivity index (χ2v) is 7.70. The molecule has 0 bridgehead atoms. The van der Waals surface area contributed by atoms with Crippen molar-refractivity contribution in [2.24, 2.45) is 5.73 Å². The van der Waals surface area contributed by atoms with Crippen LogP contribution in [0.1, 0.15) is 32.3 Å². The van der Waals surface area contributed by atoms with Crippen molar-refractivity contribution in [1.29, 1.82) is 0 Å². The Labute approximate surface area is 180 Å². The zero-order valence-electron chi connectivity index (χ0n) is 17.4. The monoisotopic (exact) mass is 454 g/mol. The lowest BCUT2D eigenvalue weighted by Gasteiger charge is -2.27. The second-order valence-electron chi connectivity index (χ2n) is 7.70. The first kappa shape index (κ1) is 23.5. The summed E-state index contributed by atoms with van der Waals surface area (Å²) in [6, 6.07) is 5.63. The Bertz CT molecular complexity index is 1250. The van der Waals surface area contributed by atoms with E-state index in [0.717, 1.165) is 30.7 Å². The second kappa shape index (κ2) is 8.42. The number of benzene rings is 2. The molecule has 0 saturated heterocycles. The number of unbranched alkanes of at least 4 members (excludes halogenated alkanes) is 1. The zero-order valence-corrected chi connectivity index (χ0v) is 17.4. The minimum atomic E-state index is -4.95. The van der Waals surface area contributed by atoms with Crippen LogP contribution in [0.5, 0.6) is 5.75 Å². The van der Waals surface area contributed by atoms with Crippen molar-refractivity contribution in [3.63, 3.8) is 0 Å². The summed E-state index contributed by atoms with van der Waals surface area (Å²) in [5, 5.41) is 10.4. The van der Waals surface area contributed by atoms with Crippen molar-refractivity contribution in [2.75, 3.05) is 6.61 Å². The van der Waals surface area contributed by atoms with Crippen LogP contribution in [0.4, 0.5) is 17.6 Å². The minimum Gasteiger partial charge on any atom is -0.481 e. The number of carbonyl (C=O) groups is 1. The van der Waals surface area contributed by atoms with Gasteiger partial charge in [0.1, 0.15) is 0 Å². The van der Waals surface area contributed by atoms with Crippen LogP contribution in [0.3, 0.4) is 0 Å². The van der Waals surface area contributed by atoms with E-state index in [1.54, 1.807) is 0 Å². The molecule has 0 aliphatic rings. The highest BCUT2D eigenvalue weighted by atomic mass is 19.4. The summed E-state index contributed by atoms with van der Waals surface area (Å²) in [5.41, 5.74) is 1.23. The minimum absolute atomic E-state index is 0.0682. The summed E-state index contributed by atoms with van der Waals surface area (Å²) < 4.78 is 61.2. The summed E-state index contributed by atoms with van der Waals surface area (Å²) >= 11 is 0. The van der Waals surface area contributed by atoms with E-state index >= 15 is 0 Å². The number of aryl methyl sites for hydroxylation is 1. The molecule has 32 heavy (non-hydrogen) atoms. The number of hydrogen-bond donors (Lipinski definition) is 2. The molecule has 1 unspecified atom stereocenters. The third-order valence-corrected chi connectivity index (χ3v) is 5.34. The number of amides is 1. The van der Waals surface area contributed by atoms with E-state index in [4.69, 9.17) is 10.5 Å². The average molecular weight is 454 g/mol. The lowest BCUT2D eigenvalue weighted by molar-refractivity contribution is -0.258. The van der Waals surface area contributed by atoms with E-state index in [2.05, 4.69) is 0 Å². The molecule has 1 amide bonds. The number of carbonyl (C=O) groups excluding carboxylic acids is 1. The van der Waals surface area contributed by atoms with Gasteiger partial charge < -0.3 is 20.1 Å². The maximum atomic E-state index is 14.5. The third kappa shape index (κ3) is 4.14. The molecule has 1 aromatic heterocycles. The van der Waals surface area contributed by atoms with E-state index in [9.17, 15) is 32.3 Å². The van der Waals surface area contributed by atoms with Gasteiger partial charge in [-0.25, -0.2) is 4.39 Å². The van der Waals surface area contributed by atoms with Gasteiger partial charge in [0.2, 0.25) is 0 Å². The van der Waals surface area contributed by atoms with Gasteiger partial charge in [-0.2, -0.15) is 13.2 Å². The van der Waals surface area contributed by atoms with Crippen LogP contribution >= 0.6 is 0 Å². The molecule has 3 N–H and O–H groups in total. The van der Waals surface area contributed by atoms with Crippen molar-refractivity contribution in [3.8, 4) is 5.75 Å². The molecule has 1 heterocycles. The normalized spacial score (nSPS) is 14.0. The molecule has 0 saturated carbocycles. The van der Waals surface area contributed by atoms with Gasteiger partial charge in [0.15, 0.2) is 23.8 Å². The Balaban J connectivity index is 2.38. The molecule has 2 aromatic carbocycles. The maximum Gasteiger partial charge on any atom is 0.421 e. The first-order valence-corrected chi connectivity index (χ1v) is 9.89. The molecular formula is C22H22F4N2O4. The number of rotatable bonds is 7. The Morgan fingerprint density at radius 1 is 1.16 bits per heavy atom. The van der Waals surface area contributed by atoms with Crippen molar-refractivity contribution in [2.45, 2.75) is 45.0 Å². The molecule has 3 rings (SSSR count). The molecule has 10 heteroatoms. The van der Waals surface area contributed by atoms with Gasteiger partial charge in [0.05, 0.1) is 10.9 Å². The smallest absolute Gasteiger partial charge is 0.421 e. The highest BCUT2D eigenvalue weighted by Crippen LogP contribution is 2.40. The van der Waals surface area contributed by atoms with Crippen LogP contribution in [0.25, 0.3) is 21.7 Å². The number of alkyl halides is 3. The van der Waals surface area contributed by atoms with Crippen LogP contribution in [-0.2, 0) is 16.9 Å². The molecule has 172 valence electrons. The molecule has 0 spiro atoms. The van der Waals surface area contributed by atoms with Crippen LogP contribution in [0.2, 0.25) is 0 Å². The number of hydrogen-bond acceptors (Lipinski definition) is 4. The molecule has 0 aliphatic carbocycles. The molecular weight excluding hydrogens is 432 g/mol. The summed E-state index contributed by atoms with van der Waals surface area (Å²) in [6.45, 7) is 2.19. The van der Waals surface area contributed by atoms with E-state index < -0.39 is 41.2 Å². The standard InChI is InChI=1S/C22H22F4N2O4/c1-3-4-7-28-17-6-5-12(21(2,31)22(24,25)26)8-14(17)13-10-18(32-11-19(27)29)16(23)9-15(13)20(28)30/h5-6,8-10,31H,3-4,7,11H2,1-2H3,(H2,27,29). The van der Waals surface area contributed by atoms with Gasteiger partial charge in [0.25, 0.3) is 11.5 Å². The number of aliphatic hydroxyl groups is 1. The Kier molecular flexibility index (Phi) is 6.19. The zero-order chi connectivity index (χ0) is 23.8. The number of pyridine rings is 1. The van der Waals surface area contributed by atoms with Crippen LogP contribution in [-0.4, -0.2) is 28.4 Å². The van der Waals surface area contributed by atoms with Gasteiger partial charge in [-0.1, -0.05) is 19.4 Å². The fourth-order valence-corrected chi connectivity index (χ4v) is 3.46. The number of halogens is 4. The first-order chi connectivity index (χ1) is 14.9. The van der Waals surface area contributed by atoms with Gasteiger partial charge >= 0.3 is 6.18 Å². The van der Waals surface area contributed by atoms with E-state index in [1.165, 1.54) is 10.6 Å². The molecule has 0 radical (unpaired) electrons. The average Bonchev–Trinajstić information content (AvgIpc) is 2.71. The Morgan fingerprint density at radius 3 is 2.44 bits per heavy atom. The van der Waals surface area contributed by atoms with E-state index in [1.807, 2.05) is 6.92 Å². The SMILES string of the molecule is CCCCn1c(=O)c2cc(F)c(OCC(N)=O)cc2c2cc(C(C)(O)C(F)(F)F)ccc21. The third-order valence-electron chi connectivity index (χ3n) is 5.34. The van der Waals surface area contributed by atoms with Gasteiger partial charge in [-0.15, -0.1) is 0 Å². The predicted octanol–water partition coefficient (Wildman–Crippen LogP) is 3.73. The number of fused-ring (bicyclic) bond motifs is 3. The fraction of sp³-hybridized carbons (Fsp3) is 0.364. The summed E-state index contributed by atoms with van der Waals surface area (Å²) in [7, 11) is 0. The van der Waals surface area contributed by atoms with Crippen molar-refractivity contribution in [1.82, 2.24) is 4.57 Å². The van der Waals surface area contributed by atoms with Crippen molar-refractivity contribution in [3.05, 3.63) is 52.1 Å². The number of ether oxygens (including phenoxy) is 1. The number of nitrogens with zero attached hydrogens (tertiary/aromatic N) is 1. The largest absolute Gasteiger partial charge is 0.481 e. The lowest BCUT2D eigenvalue weighted by Crippen LogP contribution is -2.39. The lowest BCUT2D eigenvalue weighted by atomic mass is 9.92. The highest BCUT2D eigenvalue weighted by Gasteiger charge is 2.51. The van der Waals surface area contributed by atoms with E-state index in [-0.39, 0.29) is 28.5 Å². The maximum absolute atomic E-state index is 14.5.